The van der Waals surface area contributed by atoms with Crippen molar-refractivity contribution < 1.29 is 5.11 Å². The summed E-state index contributed by atoms with van der Waals surface area (Å²) in [6, 6.07) is 0. The maximum absolute atomic E-state index is 9.93. The van der Waals surface area contributed by atoms with Gasteiger partial charge in [-0.25, -0.2) is 0 Å². The van der Waals surface area contributed by atoms with Crippen molar-refractivity contribution >= 4 is 0 Å². The minimum absolute atomic E-state index is 0.119. The van der Waals surface area contributed by atoms with Crippen LogP contribution in [0.1, 0.15) is 40.5 Å². The van der Waals surface area contributed by atoms with Gasteiger partial charge in [0.05, 0.1) is 6.10 Å². The molecule has 1 saturated heterocycles. The second-order valence-electron chi connectivity index (χ2n) is 5.74. The molecule has 0 spiro atoms. The molecule has 14 heavy (non-hydrogen) atoms. The highest BCUT2D eigenvalue weighted by atomic mass is 16.3. The number of rotatable bonds is 3. The summed E-state index contributed by atoms with van der Waals surface area (Å²) < 4.78 is 0. The Bertz CT molecular complexity index is 175. The van der Waals surface area contributed by atoms with E-state index in [4.69, 9.17) is 0 Å². The molecule has 0 radical (unpaired) electrons. The van der Waals surface area contributed by atoms with Crippen LogP contribution in [-0.4, -0.2) is 35.7 Å². The van der Waals surface area contributed by atoms with Gasteiger partial charge >= 0.3 is 0 Å². The van der Waals surface area contributed by atoms with Crippen LogP contribution in [0, 0.1) is 11.3 Å². The average Bonchev–Trinajstić information content (AvgIpc) is 2.07. The fraction of sp³-hybridized carbons (Fsp3) is 1.00. The van der Waals surface area contributed by atoms with Crippen LogP contribution in [0.15, 0.2) is 0 Å². The Morgan fingerprint density at radius 2 is 2.07 bits per heavy atom. The molecular formula is C12H25NO. The molecule has 1 N–H and O–H groups in total. The van der Waals surface area contributed by atoms with Gasteiger partial charge < -0.3 is 10.0 Å². The lowest BCUT2D eigenvalue weighted by molar-refractivity contribution is -0.0261. The Morgan fingerprint density at radius 1 is 1.43 bits per heavy atom. The maximum Gasteiger partial charge on any atom is 0.0718 e. The Hall–Kier alpha value is -0.0800. The highest BCUT2D eigenvalue weighted by Gasteiger charge is 2.33. The molecule has 0 aromatic heterocycles. The SMILES string of the molecule is CC(C)CCN1CCC(C)(C)C(O)C1. The lowest BCUT2D eigenvalue weighted by Crippen LogP contribution is -2.48. The van der Waals surface area contributed by atoms with E-state index in [-0.39, 0.29) is 11.5 Å². The van der Waals surface area contributed by atoms with E-state index in [1.54, 1.807) is 0 Å². The molecular weight excluding hydrogens is 174 g/mol. The molecule has 0 aromatic rings. The van der Waals surface area contributed by atoms with Crippen LogP contribution in [0.2, 0.25) is 0 Å². The van der Waals surface area contributed by atoms with E-state index in [1.807, 2.05) is 0 Å². The molecule has 1 atom stereocenters. The van der Waals surface area contributed by atoms with Crippen molar-refractivity contribution in [3.63, 3.8) is 0 Å². The van der Waals surface area contributed by atoms with Crippen molar-refractivity contribution in [3.05, 3.63) is 0 Å². The molecule has 0 bridgehead atoms. The van der Waals surface area contributed by atoms with Gasteiger partial charge in [0.2, 0.25) is 0 Å². The largest absolute Gasteiger partial charge is 0.391 e. The maximum atomic E-state index is 9.93. The van der Waals surface area contributed by atoms with Gasteiger partial charge in [0.1, 0.15) is 0 Å². The fourth-order valence-electron chi connectivity index (χ4n) is 1.84. The number of hydrogen-bond donors (Lipinski definition) is 1. The van der Waals surface area contributed by atoms with Gasteiger partial charge in [-0.1, -0.05) is 27.7 Å². The molecule has 0 aromatic carbocycles. The zero-order chi connectivity index (χ0) is 10.8. The quantitative estimate of drug-likeness (QED) is 0.752. The molecule has 1 aliphatic rings. The lowest BCUT2D eigenvalue weighted by Gasteiger charge is -2.41. The van der Waals surface area contributed by atoms with Crippen LogP contribution < -0.4 is 0 Å². The van der Waals surface area contributed by atoms with Crippen LogP contribution in [0.25, 0.3) is 0 Å². The topological polar surface area (TPSA) is 23.5 Å². The summed E-state index contributed by atoms with van der Waals surface area (Å²) in [6.07, 6.45) is 2.21. The highest BCUT2D eigenvalue weighted by molar-refractivity contribution is 4.86. The van der Waals surface area contributed by atoms with Crippen LogP contribution in [-0.2, 0) is 0 Å². The van der Waals surface area contributed by atoms with Gasteiger partial charge in [-0.15, -0.1) is 0 Å². The third-order valence-electron chi connectivity index (χ3n) is 3.43. The fourth-order valence-corrected chi connectivity index (χ4v) is 1.84. The predicted molar refractivity (Wildman–Crippen MR) is 60.3 cm³/mol. The highest BCUT2D eigenvalue weighted by Crippen LogP contribution is 2.30. The molecule has 1 unspecified atom stereocenters. The molecule has 2 nitrogen and oxygen atoms in total. The van der Waals surface area contributed by atoms with E-state index < -0.39 is 0 Å². The van der Waals surface area contributed by atoms with Crippen molar-refractivity contribution in [2.24, 2.45) is 11.3 Å². The van der Waals surface area contributed by atoms with Gasteiger partial charge in [0.25, 0.3) is 0 Å². The van der Waals surface area contributed by atoms with E-state index in [1.165, 1.54) is 6.42 Å². The van der Waals surface area contributed by atoms with E-state index in [9.17, 15) is 5.11 Å². The minimum Gasteiger partial charge on any atom is -0.391 e. The van der Waals surface area contributed by atoms with Crippen molar-refractivity contribution in [2.45, 2.75) is 46.6 Å². The van der Waals surface area contributed by atoms with Gasteiger partial charge in [-0.2, -0.15) is 0 Å². The molecule has 1 heterocycles. The number of hydrogen-bond acceptors (Lipinski definition) is 2. The van der Waals surface area contributed by atoms with E-state index >= 15 is 0 Å². The monoisotopic (exact) mass is 199 g/mol. The van der Waals surface area contributed by atoms with Gasteiger partial charge in [0.15, 0.2) is 0 Å². The zero-order valence-corrected chi connectivity index (χ0v) is 10.1. The molecule has 1 rings (SSSR count). The van der Waals surface area contributed by atoms with Crippen molar-refractivity contribution in [3.8, 4) is 0 Å². The standard InChI is InChI=1S/C12H25NO/c1-10(2)5-7-13-8-6-12(3,4)11(14)9-13/h10-11,14H,5-9H2,1-4H3. The van der Waals surface area contributed by atoms with Crippen molar-refractivity contribution in [1.29, 1.82) is 0 Å². The van der Waals surface area contributed by atoms with Crippen LogP contribution in [0.3, 0.4) is 0 Å². The Labute approximate surface area is 88.3 Å². The lowest BCUT2D eigenvalue weighted by atomic mass is 9.80. The molecule has 0 amide bonds. The normalized spacial score (nSPS) is 28.3. The first-order valence-electron chi connectivity index (χ1n) is 5.82. The third kappa shape index (κ3) is 3.25. The first kappa shape index (κ1) is 12.0. The number of likely N-dealkylation sites (tertiary alicyclic amines) is 1. The summed E-state index contributed by atoms with van der Waals surface area (Å²) in [4.78, 5) is 2.40. The molecule has 1 fully saturated rings. The summed E-state index contributed by atoms with van der Waals surface area (Å²) in [6.45, 7) is 12.0. The number of aliphatic hydroxyl groups excluding tert-OH is 1. The predicted octanol–water partition coefficient (Wildman–Crippen LogP) is 2.13. The van der Waals surface area contributed by atoms with Gasteiger partial charge in [-0.3, -0.25) is 0 Å². The molecule has 0 saturated carbocycles. The Kier molecular flexibility index (Phi) is 3.96. The van der Waals surface area contributed by atoms with Crippen molar-refractivity contribution in [1.82, 2.24) is 4.90 Å². The van der Waals surface area contributed by atoms with Gasteiger partial charge in [-0.05, 0) is 37.3 Å². The summed E-state index contributed by atoms with van der Waals surface area (Å²) in [5.41, 5.74) is 0.119. The Morgan fingerprint density at radius 3 is 2.57 bits per heavy atom. The van der Waals surface area contributed by atoms with Crippen LogP contribution in [0.5, 0.6) is 0 Å². The summed E-state index contributed by atoms with van der Waals surface area (Å²) in [5.74, 6) is 0.766. The van der Waals surface area contributed by atoms with E-state index in [0.29, 0.717) is 0 Å². The van der Waals surface area contributed by atoms with E-state index in [0.717, 1.165) is 32.0 Å². The second-order valence-corrected chi connectivity index (χ2v) is 5.74. The van der Waals surface area contributed by atoms with Crippen LogP contribution >= 0.6 is 0 Å². The number of nitrogens with zero attached hydrogens (tertiary/aromatic N) is 1. The minimum atomic E-state index is -0.150. The van der Waals surface area contributed by atoms with Crippen LogP contribution in [0.4, 0.5) is 0 Å². The second kappa shape index (κ2) is 4.63. The Balaban J connectivity index is 2.32. The molecule has 84 valence electrons. The molecule has 2 heteroatoms. The first-order chi connectivity index (χ1) is 6.42. The number of piperidine rings is 1. The van der Waals surface area contributed by atoms with Gasteiger partial charge in [0, 0.05) is 6.54 Å². The number of aliphatic hydroxyl groups is 1. The van der Waals surface area contributed by atoms with E-state index in [2.05, 4.69) is 32.6 Å². The number of β-amino-alcohol motifs (C(OH)–C–C–N with tert-alkyl or cyclic N) is 1. The molecule has 0 aliphatic carbocycles. The third-order valence-corrected chi connectivity index (χ3v) is 3.43. The molecule has 1 aliphatic heterocycles. The first-order valence-corrected chi connectivity index (χ1v) is 5.82. The average molecular weight is 199 g/mol. The smallest absolute Gasteiger partial charge is 0.0718 e. The van der Waals surface area contributed by atoms with Crippen molar-refractivity contribution in [2.75, 3.05) is 19.6 Å². The summed E-state index contributed by atoms with van der Waals surface area (Å²) in [7, 11) is 0. The zero-order valence-electron chi connectivity index (χ0n) is 10.1. The summed E-state index contributed by atoms with van der Waals surface area (Å²) in [5, 5.41) is 9.93. The summed E-state index contributed by atoms with van der Waals surface area (Å²) >= 11 is 0.